The van der Waals surface area contributed by atoms with Gasteiger partial charge in [0.25, 0.3) is 5.91 Å². The SMILES string of the molecule is O=C(C[C@]1(O)C(=O)N(CCc2ccccc2)c2ccccc21)c1ccccc1. The number of aliphatic hydroxyl groups is 1. The number of rotatable bonds is 6. The number of anilines is 1. The number of para-hydroxylation sites is 1. The number of Topliss-reactive ketones (excluding diaryl/α,β-unsaturated/α-hetero) is 1. The topological polar surface area (TPSA) is 57.6 Å². The molecule has 1 N–H and O–H groups in total. The third-order valence-electron chi connectivity index (χ3n) is 5.22. The third-order valence-corrected chi connectivity index (χ3v) is 5.22. The lowest BCUT2D eigenvalue weighted by molar-refractivity contribution is -0.135. The average Bonchev–Trinajstić information content (AvgIpc) is 2.95. The number of benzene rings is 3. The average molecular weight is 371 g/mol. The standard InChI is InChI=1S/C24H21NO3/c26-22(19-11-5-2-6-12-19)17-24(28)20-13-7-8-14-21(20)25(23(24)27)16-15-18-9-3-1-4-10-18/h1-14,28H,15-17H2/t24-/m1/s1. The van der Waals surface area contributed by atoms with Gasteiger partial charge in [0.2, 0.25) is 0 Å². The van der Waals surface area contributed by atoms with E-state index in [1.807, 2.05) is 48.5 Å². The normalized spacial score (nSPS) is 18.2. The largest absolute Gasteiger partial charge is 0.375 e. The van der Waals surface area contributed by atoms with Crippen molar-refractivity contribution in [2.24, 2.45) is 0 Å². The van der Waals surface area contributed by atoms with E-state index < -0.39 is 11.5 Å². The van der Waals surface area contributed by atoms with E-state index in [1.54, 1.807) is 41.3 Å². The Morgan fingerprint density at radius 3 is 2.18 bits per heavy atom. The van der Waals surface area contributed by atoms with E-state index in [0.717, 1.165) is 5.56 Å². The fourth-order valence-corrected chi connectivity index (χ4v) is 3.74. The van der Waals surface area contributed by atoms with Crippen molar-refractivity contribution in [1.82, 2.24) is 0 Å². The number of carbonyl (C=O) groups excluding carboxylic acids is 2. The molecule has 3 aromatic rings. The van der Waals surface area contributed by atoms with Crippen molar-refractivity contribution in [3.8, 4) is 0 Å². The number of carbonyl (C=O) groups is 2. The monoisotopic (exact) mass is 371 g/mol. The second-order valence-corrected chi connectivity index (χ2v) is 7.04. The van der Waals surface area contributed by atoms with Crippen LogP contribution in [0.15, 0.2) is 84.9 Å². The summed E-state index contributed by atoms with van der Waals surface area (Å²) in [6.45, 7) is 0.446. The third kappa shape index (κ3) is 3.23. The Balaban J connectivity index is 1.61. The molecule has 0 saturated heterocycles. The summed E-state index contributed by atoms with van der Waals surface area (Å²) >= 11 is 0. The van der Waals surface area contributed by atoms with E-state index in [9.17, 15) is 14.7 Å². The minimum Gasteiger partial charge on any atom is -0.375 e. The van der Waals surface area contributed by atoms with Crippen LogP contribution in [-0.4, -0.2) is 23.3 Å². The molecule has 0 saturated carbocycles. The smallest absolute Gasteiger partial charge is 0.264 e. The van der Waals surface area contributed by atoms with Crippen molar-refractivity contribution in [3.05, 3.63) is 102 Å². The molecular weight excluding hydrogens is 350 g/mol. The molecule has 1 atom stereocenters. The van der Waals surface area contributed by atoms with Gasteiger partial charge in [-0.15, -0.1) is 0 Å². The molecule has 28 heavy (non-hydrogen) atoms. The van der Waals surface area contributed by atoms with Crippen molar-refractivity contribution < 1.29 is 14.7 Å². The highest BCUT2D eigenvalue weighted by Gasteiger charge is 2.50. The summed E-state index contributed by atoms with van der Waals surface area (Å²) in [5, 5.41) is 11.3. The molecule has 1 aliphatic heterocycles. The molecule has 0 bridgehead atoms. The van der Waals surface area contributed by atoms with Crippen LogP contribution >= 0.6 is 0 Å². The summed E-state index contributed by atoms with van der Waals surface area (Å²) in [5.74, 6) is -0.690. The summed E-state index contributed by atoms with van der Waals surface area (Å²) in [7, 11) is 0. The Kier molecular flexibility index (Phi) is 4.80. The molecule has 4 nitrogen and oxygen atoms in total. The molecule has 1 heterocycles. The first-order chi connectivity index (χ1) is 13.6. The molecule has 0 fully saturated rings. The van der Waals surface area contributed by atoms with Crippen LogP contribution in [0.2, 0.25) is 0 Å². The molecule has 0 aliphatic carbocycles. The molecule has 0 radical (unpaired) electrons. The van der Waals surface area contributed by atoms with Gasteiger partial charge in [0.1, 0.15) is 0 Å². The molecular formula is C24H21NO3. The van der Waals surface area contributed by atoms with Crippen molar-refractivity contribution in [2.75, 3.05) is 11.4 Å². The number of hydrogen-bond donors (Lipinski definition) is 1. The van der Waals surface area contributed by atoms with Gasteiger partial charge in [-0.2, -0.15) is 0 Å². The van der Waals surface area contributed by atoms with Crippen LogP contribution in [0, 0.1) is 0 Å². The first-order valence-electron chi connectivity index (χ1n) is 9.35. The number of amides is 1. The Morgan fingerprint density at radius 1 is 0.857 bits per heavy atom. The second kappa shape index (κ2) is 7.41. The molecule has 0 spiro atoms. The zero-order valence-electron chi connectivity index (χ0n) is 15.4. The maximum Gasteiger partial charge on any atom is 0.264 e. The molecule has 3 aromatic carbocycles. The maximum absolute atomic E-state index is 13.2. The lowest BCUT2D eigenvalue weighted by Gasteiger charge is -2.23. The zero-order valence-corrected chi connectivity index (χ0v) is 15.4. The minimum absolute atomic E-state index is 0.254. The highest BCUT2D eigenvalue weighted by Crippen LogP contribution is 2.42. The van der Waals surface area contributed by atoms with Crippen molar-refractivity contribution in [2.45, 2.75) is 18.4 Å². The Morgan fingerprint density at radius 2 is 1.46 bits per heavy atom. The van der Waals surface area contributed by atoms with Gasteiger partial charge in [0.15, 0.2) is 11.4 Å². The highest BCUT2D eigenvalue weighted by molar-refractivity contribution is 6.10. The first kappa shape index (κ1) is 18.1. The highest BCUT2D eigenvalue weighted by atomic mass is 16.3. The quantitative estimate of drug-likeness (QED) is 0.672. The van der Waals surface area contributed by atoms with Gasteiger partial charge >= 0.3 is 0 Å². The van der Waals surface area contributed by atoms with Gasteiger partial charge in [-0.25, -0.2) is 0 Å². The van der Waals surface area contributed by atoms with Gasteiger partial charge in [-0.1, -0.05) is 78.9 Å². The molecule has 4 heteroatoms. The Bertz CT molecular complexity index is 1000. The van der Waals surface area contributed by atoms with Crippen molar-refractivity contribution in [1.29, 1.82) is 0 Å². The van der Waals surface area contributed by atoms with Crippen LogP contribution in [0.3, 0.4) is 0 Å². The van der Waals surface area contributed by atoms with Crippen LogP contribution < -0.4 is 4.90 Å². The van der Waals surface area contributed by atoms with E-state index in [-0.39, 0.29) is 12.2 Å². The molecule has 0 aromatic heterocycles. The van der Waals surface area contributed by atoms with E-state index in [0.29, 0.717) is 29.8 Å². The lowest BCUT2D eigenvalue weighted by atomic mass is 9.88. The summed E-state index contributed by atoms with van der Waals surface area (Å²) in [6.07, 6.45) is 0.401. The fraction of sp³-hybridized carbons (Fsp3) is 0.167. The number of fused-ring (bicyclic) bond motifs is 1. The summed E-state index contributed by atoms with van der Waals surface area (Å²) in [5.41, 5.74) is 0.942. The Hall–Kier alpha value is -3.24. The minimum atomic E-state index is -1.83. The number of nitrogens with zero attached hydrogens (tertiary/aromatic N) is 1. The van der Waals surface area contributed by atoms with Crippen LogP contribution in [-0.2, 0) is 16.8 Å². The molecule has 1 aliphatic rings. The summed E-state index contributed by atoms with van der Waals surface area (Å²) in [4.78, 5) is 27.5. The Labute approximate surface area is 164 Å². The van der Waals surface area contributed by atoms with Gasteiger partial charge < -0.3 is 10.0 Å². The van der Waals surface area contributed by atoms with Crippen LogP contribution in [0.1, 0.15) is 27.9 Å². The maximum atomic E-state index is 13.2. The lowest BCUT2D eigenvalue weighted by Crippen LogP contribution is -2.42. The van der Waals surface area contributed by atoms with E-state index >= 15 is 0 Å². The van der Waals surface area contributed by atoms with Gasteiger partial charge in [-0.3, -0.25) is 9.59 Å². The first-order valence-corrected chi connectivity index (χ1v) is 9.35. The zero-order chi connectivity index (χ0) is 19.6. The van der Waals surface area contributed by atoms with Gasteiger partial charge in [0, 0.05) is 17.7 Å². The summed E-state index contributed by atoms with van der Waals surface area (Å²) in [6, 6.07) is 25.8. The van der Waals surface area contributed by atoms with Gasteiger partial charge in [-0.05, 0) is 18.1 Å². The number of ketones is 1. The second-order valence-electron chi connectivity index (χ2n) is 7.04. The van der Waals surface area contributed by atoms with Crippen LogP contribution in [0.4, 0.5) is 5.69 Å². The predicted molar refractivity (Wildman–Crippen MR) is 108 cm³/mol. The molecule has 0 unspecified atom stereocenters. The van der Waals surface area contributed by atoms with Crippen LogP contribution in [0.5, 0.6) is 0 Å². The fourth-order valence-electron chi connectivity index (χ4n) is 3.74. The van der Waals surface area contributed by atoms with E-state index in [2.05, 4.69) is 0 Å². The van der Waals surface area contributed by atoms with Crippen LogP contribution in [0.25, 0.3) is 0 Å². The number of hydrogen-bond acceptors (Lipinski definition) is 3. The van der Waals surface area contributed by atoms with E-state index in [4.69, 9.17) is 0 Å². The van der Waals surface area contributed by atoms with Gasteiger partial charge in [0.05, 0.1) is 12.1 Å². The van der Waals surface area contributed by atoms with Crippen molar-refractivity contribution >= 4 is 17.4 Å². The molecule has 1 amide bonds. The predicted octanol–water partition coefficient (Wildman–Crippen LogP) is 3.74. The molecule has 4 rings (SSSR count). The summed E-state index contributed by atoms with van der Waals surface area (Å²) < 4.78 is 0. The molecule has 140 valence electrons. The van der Waals surface area contributed by atoms with Crippen molar-refractivity contribution in [3.63, 3.8) is 0 Å². The van der Waals surface area contributed by atoms with E-state index in [1.165, 1.54) is 0 Å².